The average molecular weight is 481 g/mol. The summed E-state index contributed by atoms with van der Waals surface area (Å²) in [5, 5.41) is 15.4. The van der Waals surface area contributed by atoms with Crippen LogP contribution in [0.4, 0.5) is 17.2 Å². The van der Waals surface area contributed by atoms with E-state index in [1.54, 1.807) is 42.5 Å². The molecule has 1 aromatic carbocycles. The number of fused-ring (bicyclic) bond motifs is 3. The van der Waals surface area contributed by atoms with Gasteiger partial charge in [0, 0.05) is 54.8 Å². The number of ether oxygens (including phenoxy) is 1. The van der Waals surface area contributed by atoms with Crippen molar-refractivity contribution in [1.82, 2.24) is 14.9 Å². The number of carbonyl (C=O) groups is 1. The van der Waals surface area contributed by atoms with Gasteiger partial charge in [-0.3, -0.25) is 4.79 Å². The van der Waals surface area contributed by atoms with Gasteiger partial charge in [-0.2, -0.15) is 5.11 Å². The van der Waals surface area contributed by atoms with Gasteiger partial charge in [-0.25, -0.2) is 15.5 Å². The summed E-state index contributed by atoms with van der Waals surface area (Å²) >= 11 is 1.61. The number of nitrogens with two attached hydrogens (primary N) is 1. The van der Waals surface area contributed by atoms with E-state index in [0.29, 0.717) is 54.5 Å². The highest BCUT2D eigenvalue weighted by Gasteiger charge is 2.30. The predicted molar refractivity (Wildman–Crippen MR) is 134 cm³/mol. The third kappa shape index (κ3) is 4.69. The molecule has 0 saturated carbocycles. The van der Waals surface area contributed by atoms with E-state index in [4.69, 9.17) is 21.4 Å². The lowest BCUT2D eigenvalue weighted by Crippen LogP contribution is -2.32. The van der Waals surface area contributed by atoms with Crippen molar-refractivity contribution < 1.29 is 9.53 Å². The molecule has 0 fully saturated rings. The van der Waals surface area contributed by atoms with Crippen molar-refractivity contribution >= 4 is 50.9 Å². The number of amides is 1. The number of hydrogen-bond acceptors (Lipinski definition) is 10. The minimum absolute atomic E-state index is 0.0114. The Bertz CT molecular complexity index is 1240. The lowest BCUT2D eigenvalue weighted by molar-refractivity contribution is -0.133. The summed E-state index contributed by atoms with van der Waals surface area (Å²) in [6.07, 6.45) is 5.63. The van der Waals surface area contributed by atoms with Crippen molar-refractivity contribution in [2.45, 2.75) is 25.7 Å². The minimum atomic E-state index is -0.0114. The largest absolute Gasteiger partial charge is 0.491 e. The van der Waals surface area contributed by atoms with Crippen LogP contribution in [0.5, 0.6) is 5.75 Å². The predicted octanol–water partition coefficient (Wildman–Crippen LogP) is 4.01. The number of thiophene rings is 1. The fourth-order valence-electron chi connectivity index (χ4n) is 4.19. The molecule has 34 heavy (non-hydrogen) atoms. The molecule has 10 nitrogen and oxygen atoms in total. The van der Waals surface area contributed by atoms with E-state index in [1.165, 1.54) is 23.0 Å². The highest BCUT2D eigenvalue weighted by atomic mass is 32.1. The summed E-state index contributed by atoms with van der Waals surface area (Å²) in [6.45, 7) is 0.774. The van der Waals surface area contributed by atoms with E-state index in [-0.39, 0.29) is 11.8 Å². The Morgan fingerprint density at radius 2 is 2.24 bits per heavy atom. The van der Waals surface area contributed by atoms with E-state index in [0.717, 1.165) is 23.1 Å². The number of nitrogen functional groups attached to an aromatic ring is 1. The van der Waals surface area contributed by atoms with Crippen LogP contribution in [0.3, 0.4) is 0 Å². The molecule has 0 saturated heterocycles. The minimum Gasteiger partial charge on any atom is -0.491 e. The summed E-state index contributed by atoms with van der Waals surface area (Å²) in [6, 6.07) is 3.46. The van der Waals surface area contributed by atoms with Gasteiger partial charge in [0.1, 0.15) is 22.7 Å². The fraction of sp³-hybridized carbons (Fsp3) is 0.391. The molecule has 0 unspecified atom stereocenters. The first-order valence-corrected chi connectivity index (χ1v) is 11.9. The maximum Gasteiger partial charge on any atom is 0.225 e. The molecule has 5 N–H and O–H groups in total. The topological polar surface area (TPSA) is 153 Å². The van der Waals surface area contributed by atoms with Gasteiger partial charge in [0.05, 0.1) is 24.2 Å². The molecule has 0 spiro atoms. The number of carbonyl (C=O) groups excluding carboxylic acids is 1. The highest BCUT2D eigenvalue weighted by molar-refractivity contribution is 7.19. The fourth-order valence-corrected chi connectivity index (χ4v) is 5.46. The first-order chi connectivity index (χ1) is 16.4. The maximum absolute atomic E-state index is 12.5. The van der Waals surface area contributed by atoms with Gasteiger partial charge in [0.2, 0.25) is 5.91 Å². The number of nitrogens with zero attached hydrogens (tertiary/aromatic N) is 4. The zero-order valence-corrected chi connectivity index (χ0v) is 20.0. The quantitative estimate of drug-likeness (QED) is 0.157. The number of hydrogen-bond donors (Lipinski definition) is 4. The van der Waals surface area contributed by atoms with Crippen molar-refractivity contribution in [2.24, 2.45) is 11.0 Å². The standard InChI is InChI=1S/C23H28N8O2S/c1-31(2)23(32)13-4-5-15-19(9-13)34-22-20(15)21(27-12-28-22)30-17-8-14(11-24)16(25)10-18(17)33-7-3-6-29-26/h8,10-13,24,26H,3-7,9,25H2,1-2H3,(H,27,28,30)/t13-/m0/s1. The molecule has 0 radical (unpaired) electrons. The van der Waals surface area contributed by atoms with E-state index in [9.17, 15) is 4.79 Å². The SMILES string of the molecule is CN(C)C(=O)[C@H]1CCc2c(sc3ncnc(Nc4cc(C=N)c(N)cc4OCCCN=N)c23)C1. The lowest BCUT2D eigenvalue weighted by atomic mass is 9.87. The van der Waals surface area contributed by atoms with Crippen molar-refractivity contribution in [3.63, 3.8) is 0 Å². The Kier molecular flexibility index (Phi) is 7.01. The number of nitrogens with one attached hydrogen (secondary N) is 3. The molecule has 1 aliphatic rings. The monoisotopic (exact) mass is 480 g/mol. The Labute approximate surface area is 201 Å². The van der Waals surface area contributed by atoms with Crippen LogP contribution in [0.15, 0.2) is 23.6 Å². The van der Waals surface area contributed by atoms with Crippen molar-refractivity contribution in [3.05, 3.63) is 34.5 Å². The van der Waals surface area contributed by atoms with Crippen LogP contribution in [-0.2, 0) is 17.6 Å². The third-order valence-corrected chi connectivity index (χ3v) is 7.06. The van der Waals surface area contributed by atoms with Gasteiger partial charge in [-0.1, -0.05) is 0 Å². The van der Waals surface area contributed by atoms with Crippen LogP contribution >= 0.6 is 11.3 Å². The molecule has 0 aliphatic heterocycles. The molecule has 178 valence electrons. The first-order valence-electron chi connectivity index (χ1n) is 11.1. The molecule has 11 heteroatoms. The van der Waals surface area contributed by atoms with Crippen LogP contribution in [0.1, 0.15) is 28.8 Å². The second-order valence-electron chi connectivity index (χ2n) is 8.41. The Morgan fingerprint density at radius 3 is 2.97 bits per heavy atom. The molecule has 1 amide bonds. The van der Waals surface area contributed by atoms with Gasteiger partial charge < -0.3 is 26.1 Å². The summed E-state index contributed by atoms with van der Waals surface area (Å²) in [7, 11) is 3.60. The molecular formula is C23H28N8O2S. The van der Waals surface area contributed by atoms with Crippen LogP contribution < -0.4 is 15.8 Å². The van der Waals surface area contributed by atoms with Crippen LogP contribution in [0, 0.1) is 16.9 Å². The average Bonchev–Trinajstić information content (AvgIpc) is 3.21. The molecule has 3 aromatic rings. The van der Waals surface area contributed by atoms with Crippen LogP contribution in [0.2, 0.25) is 0 Å². The molecule has 1 aliphatic carbocycles. The Morgan fingerprint density at radius 1 is 1.41 bits per heavy atom. The second-order valence-corrected chi connectivity index (χ2v) is 9.49. The van der Waals surface area contributed by atoms with E-state index in [1.807, 2.05) is 0 Å². The molecule has 2 heterocycles. The molecule has 1 atom stereocenters. The first kappa shape index (κ1) is 23.6. The van der Waals surface area contributed by atoms with Gasteiger partial charge in [-0.15, -0.1) is 11.3 Å². The normalized spacial score (nSPS) is 14.9. The van der Waals surface area contributed by atoms with E-state index < -0.39 is 0 Å². The van der Waals surface area contributed by atoms with Gasteiger partial charge in [-0.05, 0) is 30.9 Å². The second kappa shape index (κ2) is 10.1. The number of aromatic nitrogens is 2. The summed E-state index contributed by atoms with van der Waals surface area (Å²) in [5.74, 6) is 1.35. The van der Waals surface area contributed by atoms with Crippen LogP contribution in [0.25, 0.3) is 10.2 Å². The Balaban J connectivity index is 1.68. The van der Waals surface area contributed by atoms with Gasteiger partial charge in [0.25, 0.3) is 0 Å². The van der Waals surface area contributed by atoms with Gasteiger partial charge >= 0.3 is 0 Å². The third-order valence-electron chi connectivity index (χ3n) is 5.90. The number of anilines is 3. The van der Waals surface area contributed by atoms with Crippen molar-refractivity contribution in [3.8, 4) is 5.75 Å². The number of rotatable bonds is 9. The summed E-state index contributed by atoms with van der Waals surface area (Å²) in [4.78, 5) is 25.2. The smallest absolute Gasteiger partial charge is 0.225 e. The molecule has 0 bridgehead atoms. The lowest BCUT2D eigenvalue weighted by Gasteiger charge is -2.24. The van der Waals surface area contributed by atoms with Crippen molar-refractivity contribution in [2.75, 3.05) is 38.3 Å². The summed E-state index contributed by atoms with van der Waals surface area (Å²) in [5.41, 5.74) is 15.9. The van der Waals surface area contributed by atoms with E-state index in [2.05, 4.69) is 20.4 Å². The zero-order valence-electron chi connectivity index (χ0n) is 19.2. The van der Waals surface area contributed by atoms with Crippen LogP contribution in [-0.4, -0.2) is 54.2 Å². The van der Waals surface area contributed by atoms with Gasteiger partial charge in [0.15, 0.2) is 0 Å². The summed E-state index contributed by atoms with van der Waals surface area (Å²) < 4.78 is 5.92. The highest BCUT2D eigenvalue weighted by Crippen LogP contribution is 2.41. The number of benzene rings is 1. The zero-order chi connectivity index (χ0) is 24.2. The molecule has 2 aromatic heterocycles. The molecule has 4 rings (SSSR count). The number of aryl methyl sites for hydroxylation is 1. The maximum atomic E-state index is 12.5. The molecular weight excluding hydrogens is 452 g/mol. The Hall–Kier alpha value is -3.60. The van der Waals surface area contributed by atoms with Crippen molar-refractivity contribution in [1.29, 1.82) is 10.9 Å². The van der Waals surface area contributed by atoms with E-state index >= 15 is 0 Å².